The lowest BCUT2D eigenvalue weighted by atomic mass is 10.0. The normalized spacial score (nSPS) is 18.8. The van der Waals surface area contributed by atoms with Crippen LogP contribution in [0.3, 0.4) is 0 Å². The van der Waals surface area contributed by atoms with Crippen molar-refractivity contribution in [2.24, 2.45) is 5.16 Å². The maximum Gasteiger partial charge on any atom is 0.352 e. The number of hydrogen-bond donors (Lipinski definition) is 7. The lowest BCUT2D eigenvalue weighted by Gasteiger charge is -2.49. The van der Waals surface area contributed by atoms with Gasteiger partial charge in [-0.1, -0.05) is 28.1 Å². The fourth-order valence-corrected chi connectivity index (χ4v) is 7.02. The van der Waals surface area contributed by atoms with Gasteiger partial charge in [0.1, 0.15) is 38.5 Å². The lowest BCUT2D eigenvalue weighted by Crippen LogP contribution is -2.71. The van der Waals surface area contributed by atoms with Gasteiger partial charge in [0.15, 0.2) is 23.6 Å². The van der Waals surface area contributed by atoms with E-state index in [2.05, 4.69) is 31.1 Å². The highest BCUT2D eigenvalue weighted by Crippen LogP contribution is 2.40. The van der Waals surface area contributed by atoms with E-state index in [9.17, 15) is 24.3 Å². The highest BCUT2D eigenvalue weighted by molar-refractivity contribution is 8.00. The van der Waals surface area contributed by atoms with Crippen molar-refractivity contribution >= 4 is 86.1 Å². The van der Waals surface area contributed by atoms with E-state index < -0.39 is 47.0 Å². The number of carbonyl (C=O) groups excluding carboxylic acids is 2. The van der Waals surface area contributed by atoms with Gasteiger partial charge in [0.25, 0.3) is 11.8 Å². The second-order valence-electron chi connectivity index (χ2n) is 9.97. The number of nitrogens with two attached hydrogens (primary N) is 1. The molecule has 1 unspecified atom stereocenters. The molecule has 3 aromatic rings. The first kappa shape index (κ1) is 32.0. The molecule has 5 heterocycles. The minimum absolute atomic E-state index is 0.00173. The summed E-state index contributed by atoms with van der Waals surface area (Å²) in [7, 11) is 1.86. The number of nitrogens with zero attached hydrogens (tertiary/aromatic N) is 4. The Hall–Kier alpha value is -4.39. The van der Waals surface area contributed by atoms with Crippen LogP contribution in [0.5, 0.6) is 0 Å². The molecule has 0 radical (unpaired) electrons. The third-order valence-electron chi connectivity index (χ3n) is 6.94. The van der Waals surface area contributed by atoms with E-state index in [0.29, 0.717) is 12.1 Å². The Labute approximate surface area is 268 Å². The number of anilines is 2. The van der Waals surface area contributed by atoms with Crippen LogP contribution < -0.4 is 26.3 Å². The molecular weight excluding hydrogens is 650 g/mol. The highest BCUT2D eigenvalue weighted by Gasteiger charge is 2.55. The second-order valence-corrected chi connectivity index (χ2v) is 12.7. The quantitative estimate of drug-likeness (QED) is 0.0429. The molecule has 45 heavy (non-hydrogen) atoms. The number of β-lactam (4-membered cyclic amide) rings is 1. The van der Waals surface area contributed by atoms with Gasteiger partial charge in [-0.05, 0) is 20.0 Å². The van der Waals surface area contributed by atoms with Gasteiger partial charge < -0.3 is 41.7 Å². The van der Waals surface area contributed by atoms with E-state index in [1.807, 2.05) is 36.0 Å². The summed E-state index contributed by atoms with van der Waals surface area (Å²) in [6, 6.07) is 4.59. The van der Waals surface area contributed by atoms with Crippen molar-refractivity contribution in [2.75, 3.05) is 36.9 Å². The van der Waals surface area contributed by atoms with E-state index in [0.717, 1.165) is 39.6 Å². The third kappa shape index (κ3) is 6.53. The van der Waals surface area contributed by atoms with Crippen LogP contribution in [0.4, 0.5) is 10.9 Å². The average Bonchev–Trinajstić information content (AvgIpc) is 3.57. The van der Waals surface area contributed by atoms with Crippen LogP contribution in [-0.2, 0) is 30.6 Å². The molecule has 0 aliphatic carbocycles. The number of halogens is 1. The molecule has 3 atom stereocenters. The molecule has 16 nitrogen and oxygen atoms in total. The molecule has 1 saturated heterocycles. The summed E-state index contributed by atoms with van der Waals surface area (Å²) >= 11 is 8.33. The number of aromatic nitrogens is 3. The van der Waals surface area contributed by atoms with E-state index in [-0.39, 0.29) is 33.2 Å². The Balaban J connectivity index is 1.36. The molecular formula is C26H29ClN9O7S2+. The molecule has 19 heteroatoms. The molecule has 2 aliphatic heterocycles. The first-order valence-electron chi connectivity index (χ1n) is 13.5. The molecule has 3 aromatic heterocycles. The van der Waals surface area contributed by atoms with Crippen LogP contribution in [0.2, 0.25) is 4.34 Å². The largest absolute Gasteiger partial charge is 0.478 e. The van der Waals surface area contributed by atoms with Crippen molar-refractivity contribution in [1.29, 1.82) is 0 Å². The maximum absolute atomic E-state index is 13.3. The molecule has 238 valence electrons. The molecule has 5 rings (SSSR count). The number of rotatable bonds is 13. The summed E-state index contributed by atoms with van der Waals surface area (Å²) in [6.45, 7) is 2.90. The van der Waals surface area contributed by atoms with Crippen LogP contribution in [-0.4, -0.2) is 98.0 Å². The van der Waals surface area contributed by atoms with Gasteiger partial charge in [0, 0.05) is 30.5 Å². The molecule has 1 fully saturated rings. The number of likely N-dealkylation sites (N-methyl/N-ethyl adjacent to an activating group) is 1. The van der Waals surface area contributed by atoms with Crippen LogP contribution in [0.25, 0.3) is 11.0 Å². The van der Waals surface area contributed by atoms with Gasteiger partial charge in [-0.25, -0.2) is 14.6 Å². The zero-order valence-electron chi connectivity index (χ0n) is 23.9. The van der Waals surface area contributed by atoms with Gasteiger partial charge in [-0.3, -0.25) is 14.5 Å². The van der Waals surface area contributed by atoms with Crippen LogP contribution in [0, 0.1) is 0 Å². The number of carboxylic acids is 2. The molecule has 0 bridgehead atoms. The smallest absolute Gasteiger partial charge is 0.352 e. The number of nitrogen functional groups attached to an aromatic ring is 1. The topological polar surface area (TPSA) is 228 Å². The number of carboxylic acid groups (broad SMARTS) is 2. The first-order valence-corrected chi connectivity index (χ1v) is 15.7. The van der Waals surface area contributed by atoms with Crippen molar-refractivity contribution in [3.8, 4) is 0 Å². The summed E-state index contributed by atoms with van der Waals surface area (Å²) in [6.07, 6.45) is 0.428. The number of amides is 2. The predicted octanol–water partition coefficient (Wildman–Crippen LogP) is 0.411. The van der Waals surface area contributed by atoms with Crippen LogP contribution in [0.1, 0.15) is 12.6 Å². The van der Waals surface area contributed by atoms with Gasteiger partial charge in [-0.15, -0.1) is 11.8 Å². The number of fused-ring (bicyclic) bond motifs is 2. The number of thiazole rings is 1. The summed E-state index contributed by atoms with van der Waals surface area (Å²) in [5.41, 5.74) is 7.14. The molecule has 2 aliphatic rings. The van der Waals surface area contributed by atoms with Crippen molar-refractivity contribution in [3.63, 3.8) is 0 Å². The Morgan fingerprint density at radius 2 is 2.13 bits per heavy atom. The van der Waals surface area contributed by atoms with E-state index in [1.165, 1.54) is 18.7 Å². The van der Waals surface area contributed by atoms with Gasteiger partial charge in [-0.2, -0.15) is 4.57 Å². The number of aliphatic carboxylic acids is 2. The third-order valence-corrected chi connectivity index (χ3v) is 9.37. The van der Waals surface area contributed by atoms with Crippen LogP contribution in [0.15, 0.2) is 40.8 Å². The Morgan fingerprint density at radius 3 is 2.80 bits per heavy atom. The number of hydrogen-bond acceptors (Lipinski definition) is 12. The highest BCUT2D eigenvalue weighted by atomic mass is 35.5. The monoisotopic (exact) mass is 678 g/mol. The van der Waals surface area contributed by atoms with E-state index in [4.69, 9.17) is 27.3 Å². The second kappa shape index (κ2) is 13.3. The number of thioether (sulfide) groups is 1. The SMILES string of the molecule is CNCCNc1cc2c(ccc[n+]2CC2=C(C(=O)O)N3C(=O)C(NC(=O)C(=NO[C@@H](C)C(=O)O)c4nc(N)sc4Cl)[C@H]3SC2)[nH]1. The standard InChI is InChI=1S/C26H28ClN9O7S2/c1-11(24(39)40)43-34-17(16-20(27)45-26(28)33-16)21(37)32-18-22(38)36-19(25(41)42)12(10-44-23(18)36)9-35-7-3-4-13-14(35)8-15(31-13)30-6-5-29-2/h3-4,7-8,11,18,23,29H,5-6,9-10H2,1-2H3,(H6,28,30,31,32,33,37,39,40,41,42)/p+1/t11-,18?,23+/m0/s1. The first-order chi connectivity index (χ1) is 21.5. The zero-order valence-corrected chi connectivity index (χ0v) is 26.3. The minimum atomic E-state index is -1.41. The molecule has 0 spiro atoms. The minimum Gasteiger partial charge on any atom is -0.478 e. The number of aromatic amines is 1. The van der Waals surface area contributed by atoms with Gasteiger partial charge in [0.2, 0.25) is 11.6 Å². The van der Waals surface area contributed by atoms with E-state index >= 15 is 0 Å². The molecule has 2 amide bonds. The summed E-state index contributed by atoms with van der Waals surface area (Å²) in [5, 5.41) is 31.2. The Bertz CT molecular complexity index is 1740. The lowest BCUT2D eigenvalue weighted by molar-refractivity contribution is -0.663. The van der Waals surface area contributed by atoms with Crippen molar-refractivity contribution in [3.05, 3.63) is 45.7 Å². The number of H-pyrrole nitrogens is 1. The van der Waals surface area contributed by atoms with Crippen molar-refractivity contribution in [2.45, 2.75) is 31.0 Å². The Kier molecular flexibility index (Phi) is 9.47. The number of oxime groups is 1. The fraction of sp³-hybridized carbons (Fsp3) is 0.346. The number of nitrogens with one attached hydrogen (secondary N) is 4. The average molecular weight is 679 g/mol. The maximum atomic E-state index is 13.3. The van der Waals surface area contributed by atoms with E-state index in [1.54, 1.807) is 0 Å². The van der Waals surface area contributed by atoms with Crippen LogP contribution >= 0.6 is 34.7 Å². The van der Waals surface area contributed by atoms with Gasteiger partial charge in [0.05, 0.1) is 6.07 Å². The summed E-state index contributed by atoms with van der Waals surface area (Å²) in [5.74, 6) is -3.08. The summed E-state index contributed by atoms with van der Waals surface area (Å²) < 4.78 is 1.90. The predicted molar refractivity (Wildman–Crippen MR) is 167 cm³/mol. The fourth-order valence-electron chi connectivity index (χ4n) is 4.76. The number of pyridine rings is 1. The summed E-state index contributed by atoms with van der Waals surface area (Å²) in [4.78, 5) is 63.7. The van der Waals surface area contributed by atoms with Crippen molar-refractivity contribution < 1.29 is 38.8 Å². The molecule has 8 N–H and O–H groups in total. The molecule has 0 aromatic carbocycles. The number of carbonyl (C=O) groups is 4. The van der Waals surface area contributed by atoms with Gasteiger partial charge >= 0.3 is 11.9 Å². The zero-order chi connectivity index (χ0) is 32.4. The Morgan fingerprint density at radius 1 is 1.36 bits per heavy atom. The van der Waals surface area contributed by atoms with Crippen molar-refractivity contribution in [1.82, 2.24) is 25.5 Å². The molecule has 0 saturated carbocycles.